The van der Waals surface area contributed by atoms with E-state index >= 15 is 0 Å². The Labute approximate surface area is 264 Å². The molecular weight excluding hydrogens is 643 g/mol. The van der Waals surface area contributed by atoms with Gasteiger partial charge in [0.2, 0.25) is 0 Å². The first kappa shape index (κ1) is 35.7. The van der Waals surface area contributed by atoms with Gasteiger partial charge in [-0.3, -0.25) is 4.79 Å². The zero-order chi connectivity index (χ0) is 32.9. The van der Waals surface area contributed by atoms with E-state index in [0.29, 0.717) is 13.2 Å². The number of hydrogen-bond acceptors (Lipinski definition) is 7. The molecule has 2 aromatic carbocycles. The zero-order valence-electron chi connectivity index (χ0n) is 24.9. The van der Waals surface area contributed by atoms with Crippen LogP contribution in [0.2, 0.25) is 0 Å². The highest BCUT2D eigenvalue weighted by molar-refractivity contribution is 7.86. The number of ether oxygens (including phenoxy) is 3. The molecule has 5 aliphatic rings. The van der Waals surface area contributed by atoms with E-state index in [0.717, 1.165) is 30.4 Å². The molecule has 0 N–H and O–H groups in total. The zero-order valence-corrected chi connectivity index (χ0v) is 26.7. The van der Waals surface area contributed by atoms with E-state index < -0.39 is 39.0 Å². The summed E-state index contributed by atoms with van der Waals surface area (Å²) < 4.78 is 112. The molecule has 7 rings (SSSR count). The lowest BCUT2D eigenvalue weighted by Gasteiger charge is -2.55. The summed E-state index contributed by atoms with van der Waals surface area (Å²) in [6.45, 7) is 1.20. The number of fused-ring (bicyclic) bond motifs is 1. The summed E-state index contributed by atoms with van der Waals surface area (Å²) in [5, 5.41) is -3.44. The predicted molar refractivity (Wildman–Crippen MR) is 160 cm³/mol. The van der Waals surface area contributed by atoms with Gasteiger partial charge in [-0.1, -0.05) is 36.4 Å². The number of carbonyl (C=O) groups is 1. The van der Waals surface area contributed by atoms with Crippen LogP contribution in [0.4, 0.5) is 22.0 Å². The van der Waals surface area contributed by atoms with Crippen LogP contribution in [-0.4, -0.2) is 68.3 Å². The lowest BCUT2D eigenvalue weighted by Crippen LogP contribution is -2.56. The summed E-state index contributed by atoms with van der Waals surface area (Å²) in [5.74, 6) is 2.79. The number of hydrogen-bond donors (Lipinski definition) is 0. The Morgan fingerprint density at radius 2 is 1.49 bits per heavy atom. The van der Waals surface area contributed by atoms with Gasteiger partial charge >= 0.3 is 17.4 Å². The second kappa shape index (κ2) is 14.7. The summed E-state index contributed by atoms with van der Waals surface area (Å²) in [6, 6.07) is 14.3. The minimum Gasteiger partial charge on any atom is -0.743 e. The van der Waals surface area contributed by atoms with Crippen LogP contribution in [0.1, 0.15) is 51.4 Å². The SMILES string of the molecule is C1CC[SH+]C1.COCCOc1cccc2ccccc12.O=C(OC(C(F)(F)F)C(F)(F)S(=O)(=O)[O-])C12CC3CC(CC(C3)C1)C2. The summed E-state index contributed by atoms with van der Waals surface area (Å²) in [6.07, 6.45) is -3.93. The standard InChI is InChI=1S/C14H17F5O5S.C13H14O2.C4H8S/c15-13(16,17)10(14(18,19)25(21,22)23)24-11(20)12-4-7-1-8(5-12)3-9(2-7)6-12;1-14-9-10-15-13-8-4-6-11-5-2-3-7-12(11)13;1-2-4-5-3-1/h7-10H,1-6H2,(H,21,22,23);2-8H,9-10H2,1H3;1-4H2. The van der Waals surface area contributed by atoms with E-state index in [1.165, 1.54) is 29.7 Å². The van der Waals surface area contributed by atoms with Gasteiger partial charge in [-0.05, 0) is 92.3 Å². The average Bonchev–Trinajstić information content (AvgIpc) is 3.55. The third kappa shape index (κ3) is 8.81. The van der Waals surface area contributed by atoms with Gasteiger partial charge in [-0.25, -0.2) is 8.42 Å². The van der Waals surface area contributed by atoms with Crippen LogP contribution in [-0.2, 0) is 36.1 Å². The Morgan fingerprint density at radius 1 is 0.933 bits per heavy atom. The third-order valence-corrected chi connectivity index (χ3v) is 11.0. The number of benzene rings is 2. The van der Waals surface area contributed by atoms with Crippen molar-refractivity contribution in [2.24, 2.45) is 23.2 Å². The molecule has 252 valence electrons. The summed E-state index contributed by atoms with van der Waals surface area (Å²) in [5.41, 5.74) is -1.29. The van der Waals surface area contributed by atoms with Crippen LogP contribution in [0.5, 0.6) is 5.75 Å². The molecule has 0 spiro atoms. The largest absolute Gasteiger partial charge is 0.743 e. The first-order valence-corrected chi connectivity index (χ1v) is 17.7. The molecule has 7 nitrogen and oxygen atoms in total. The van der Waals surface area contributed by atoms with Crippen LogP contribution in [0.3, 0.4) is 0 Å². The van der Waals surface area contributed by atoms with Gasteiger partial charge in [-0.2, -0.15) is 22.0 Å². The van der Waals surface area contributed by atoms with E-state index in [-0.39, 0.29) is 37.0 Å². The lowest BCUT2D eigenvalue weighted by molar-refractivity contribution is -0.266. The number of halogens is 5. The molecule has 4 aliphatic carbocycles. The fourth-order valence-corrected chi connectivity index (χ4v) is 8.73. The minimum absolute atomic E-state index is 0.131. The maximum Gasteiger partial charge on any atom is 0.432 e. The fourth-order valence-electron chi connectivity index (χ4n) is 7.17. The van der Waals surface area contributed by atoms with E-state index in [1.54, 1.807) is 18.9 Å². The number of alkyl halides is 5. The molecule has 0 aromatic heterocycles. The Morgan fingerprint density at radius 3 is 1.98 bits per heavy atom. The van der Waals surface area contributed by atoms with Crippen LogP contribution >= 0.6 is 0 Å². The Hall–Kier alpha value is -2.16. The van der Waals surface area contributed by atoms with E-state index in [9.17, 15) is 39.7 Å². The van der Waals surface area contributed by atoms with E-state index in [2.05, 4.69) is 22.9 Å². The van der Waals surface area contributed by atoms with Crippen molar-refractivity contribution in [3.05, 3.63) is 42.5 Å². The van der Waals surface area contributed by atoms with Crippen molar-refractivity contribution in [3.8, 4) is 5.75 Å². The van der Waals surface area contributed by atoms with Crippen molar-refractivity contribution in [3.63, 3.8) is 0 Å². The summed E-state index contributed by atoms with van der Waals surface area (Å²) in [4.78, 5) is 12.4. The van der Waals surface area contributed by atoms with Crippen molar-refractivity contribution in [1.29, 1.82) is 0 Å². The molecule has 1 aliphatic heterocycles. The lowest BCUT2D eigenvalue weighted by atomic mass is 9.49. The highest BCUT2D eigenvalue weighted by Crippen LogP contribution is 2.60. The van der Waals surface area contributed by atoms with Crippen molar-refractivity contribution >= 4 is 38.6 Å². The molecule has 0 radical (unpaired) electrons. The number of esters is 1. The molecule has 4 bridgehead atoms. The number of rotatable bonds is 8. The van der Waals surface area contributed by atoms with Gasteiger partial charge in [0.15, 0.2) is 10.1 Å². The number of methoxy groups -OCH3 is 1. The normalized spacial score (nSPS) is 26.3. The molecule has 45 heavy (non-hydrogen) atoms. The van der Waals surface area contributed by atoms with Gasteiger partial charge in [0.25, 0.3) is 6.10 Å². The molecule has 0 amide bonds. The van der Waals surface area contributed by atoms with Crippen LogP contribution in [0.15, 0.2) is 42.5 Å². The topological polar surface area (TPSA) is 102 Å². The van der Waals surface area contributed by atoms with Crippen LogP contribution < -0.4 is 4.74 Å². The first-order chi connectivity index (χ1) is 21.2. The van der Waals surface area contributed by atoms with Gasteiger partial charge in [0.1, 0.15) is 23.9 Å². The van der Waals surface area contributed by atoms with Crippen molar-refractivity contribution in [2.45, 2.75) is 68.9 Å². The smallest absolute Gasteiger partial charge is 0.432 e. The van der Waals surface area contributed by atoms with Gasteiger partial charge < -0.3 is 18.8 Å². The number of thiol groups is 1. The van der Waals surface area contributed by atoms with Gasteiger partial charge in [0.05, 0.1) is 12.0 Å². The van der Waals surface area contributed by atoms with Crippen LogP contribution in [0.25, 0.3) is 10.8 Å². The van der Waals surface area contributed by atoms with Crippen LogP contribution in [0, 0.1) is 23.2 Å². The molecule has 2 aromatic rings. The molecule has 1 saturated heterocycles. The monoisotopic (exact) mass is 682 g/mol. The van der Waals surface area contributed by atoms with Crippen molar-refractivity contribution in [2.75, 3.05) is 31.8 Å². The second-order valence-corrected chi connectivity index (χ2v) is 15.0. The molecule has 1 unspecified atom stereocenters. The average molecular weight is 683 g/mol. The molecular formula is C31H39F5O7S2. The van der Waals surface area contributed by atoms with Gasteiger partial charge in [0, 0.05) is 12.5 Å². The Balaban J connectivity index is 0.000000193. The first-order valence-electron chi connectivity index (χ1n) is 15.0. The highest BCUT2D eigenvalue weighted by atomic mass is 32.2. The Bertz CT molecular complexity index is 1350. The number of carbonyl (C=O) groups excluding carboxylic acids is 1. The maximum atomic E-state index is 13.5. The van der Waals surface area contributed by atoms with Crippen molar-refractivity contribution in [1.82, 2.24) is 0 Å². The predicted octanol–water partition coefficient (Wildman–Crippen LogP) is 6.28. The highest BCUT2D eigenvalue weighted by Gasteiger charge is 2.65. The van der Waals surface area contributed by atoms with E-state index in [4.69, 9.17) is 9.47 Å². The van der Waals surface area contributed by atoms with E-state index in [1.807, 2.05) is 24.3 Å². The summed E-state index contributed by atoms with van der Waals surface area (Å²) in [7, 11) is -4.99. The summed E-state index contributed by atoms with van der Waals surface area (Å²) >= 11 is 1.69. The Kier molecular flexibility index (Phi) is 11.7. The quantitative estimate of drug-likeness (QED) is 0.0808. The molecule has 4 saturated carbocycles. The molecule has 5 fully saturated rings. The molecule has 1 atom stereocenters. The fraction of sp³-hybridized carbons (Fsp3) is 0.645. The minimum atomic E-state index is -6.67. The maximum absolute atomic E-state index is 13.5. The second-order valence-electron chi connectivity index (χ2n) is 12.2. The molecule has 1 heterocycles. The van der Waals surface area contributed by atoms with Crippen molar-refractivity contribution < 1.29 is 53.9 Å². The third-order valence-electron chi connectivity index (χ3n) is 8.81. The van der Waals surface area contributed by atoms with Gasteiger partial charge in [-0.15, -0.1) is 0 Å². The molecule has 14 heteroatoms.